The zero-order valence-corrected chi connectivity index (χ0v) is 18.1. The molecule has 0 saturated heterocycles. The number of nitrogens with zero attached hydrogens (tertiary/aromatic N) is 2. The number of rotatable bonds is 10. The van der Waals surface area contributed by atoms with Gasteiger partial charge in [-0.05, 0) is 40.5 Å². The number of aliphatic imine (C=N–C) groups is 1. The number of ether oxygens (including phenoxy) is 2. The van der Waals surface area contributed by atoms with E-state index in [0.717, 1.165) is 19.4 Å². The number of nitrogens with two attached hydrogens (primary N) is 1. The predicted octanol–water partition coefficient (Wildman–Crippen LogP) is 2.58. The highest BCUT2D eigenvalue weighted by molar-refractivity contribution is 14.0. The summed E-state index contributed by atoms with van der Waals surface area (Å²) in [6.45, 7) is 13.3. The van der Waals surface area contributed by atoms with Crippen LogP contribution in [0, 0.1) is 0 Å². The molecule has 0 bridgehead atoms. The van der Waals surface area contributed by atoms with Crippen molar-refractivity contribution >= 4 is 36.0 Å². The summed E-state index contributed by atoms with van der Waals surface area (Å²) in [4.78, 5) is 18.0. The Morgan fingerprint density at radius 3 is 2.46 bits per heavy atom. The molecule has 0 aliphatic heterocycles. The third-order valence-corrected chi connectivity index (χ3v) is 2.77. The van der Waals surface area contributed by atoms with Crippen molar-refractivity contribution in [1.82, 2.24) is 10.2 Å². The third kappa shape index (κ3) is 14.8. The van der Waals surface area contributed by atoms with E-state index in [2.05, 4.69) is 10.3 Å². The molecule has 3 N–H and O–H groups in total. The maximum atomic E-state index is 12.1. The summed E-state index contributed by atoms with van der Waals surface area (Å²) in [7, 11) is 0. The van der Waals surface area contributed by atoms with Crippen molar-refractivity contribution in [3.8, 4) is 0 Å². The normalized spacial score (nSPS) is 11.6. The maximum absolute atomic E-state index is 12.1. The molecule has 0 heterocycles. The Bertz CT molecular complexity index is 360. The standard InChI is InChI=1S/C16H34N4O3.HI/c1-6-11-20(15(21)23-16(3,4)5)12-10-19-14(17)18-9-8-13-22-7-2;/h6-13H2,1-5H3,(H3,17,18,19);1H. The lowest BCUT2D eigenvalue weighted by Gasteiger charge is -2.27. The number of amides is 1. The van der Waals surface area contributed by atoms with Crippen LogP contribution in [0.25, 0.3) is 0 Å². The second-order valence-electron chi connectivity index (χ2n) is 6.21. The smallest absolute Gasteiger partial charge is 0.410 e. The van der Waals surface area contributed by atoms with E-state index in [1.165, 1.54) is 0 Å². The molecule has 0 spiro atoms. The minimum Gasteiger partial charge on any atom is -0.444 e. The van der Waals surface area contributed by atoms with Crippen molar-refractivity contribution < 1.29 is 14.3 Å². The molecule has 0 fully saturated rings. The summed E-state index contributed by atoms with van der Waals surface area (Å²) < 4.78 is 10.6. The first-order valence-electron chi connectivity index (χ1n) is 8.39. The van der Waals surface area contributed by atoms with Crippen LogP contribution in [0.3, 0.4) is 0 Å². The highest BCUT2D eigenvalue weighted by Gasteiger charge is 2.21. The number of carbonyl (C=O) groups is 1. The Labute approximate surface area is 163 Å². The lowest BCUT2D eigenvalue weighted by atomic mass is 10.2. The Balaban J connectivity index is 0. The van der Waals surface area contributed by atoms with Gasteiger partial charge in [0.05, 0.1) is 0 Å². The van der Waals surface area contributed by atoms with Gasteiger partial charge in [-0.3, -0.25) is 4.99 Å². The largest absolute Gasteiger partial charge is 0.444 e. The van der Waals surface area contributed by atoms with Crippen LogP contribution in [0.15, 0.2) is 4.99 Å². The summed E-state index contributed by atoms with van der Waals surface area (Å²) in [5, 5.41) is 3.02. The van der Waals surface area contributed by atoms with Gasteiger partial charge in [0.1, 0.15) is 5.60 Å². The summed E-state index contributed by atoms with van der Waals surface area (Å²) in [5.74, 6) is 0.391. The number of halogens is 1. The quantitative estimate of drug-likeness (QED) is 0.227. The van der Waals surface area contributed by atoms with E-state index in [0.29, 0.717) is 38.7 Å². The molecule has 0 radical (unpaired) electrons. The molecule has 1 amide bonds. The number of nitrogens with one attached hydrogen (secondary N) is 1. The molecule has 0 saturated carbocycles. The first-order valence-corrected chi connectivity index (χ1v) is 8.39. The molecule has 7 nitrogen and oxygen atoms in total. The Morgan fingerprint density at radius 2 is 1.92 bits per heavy atom. The molecular formula is C16H35IN4O3. The molecule has 24 heavy (non-hydrogen) atoms. The van der Waals surface area contributed by atoms with Crippen LogP contribution in [0.2, 0.25) is 0 Å². The van der Waals surface area contributed by atoms with Crippen LogP contribution in [0.5, 0.6) is 0 Å². The number of hydrogen-bond donors (Lipinski definition) is 2. The van der Waals surface area contributed by atoms with Gasteiger partial charge in [0.25, 0.3) is 0 Å². The fourth-order valence-electron chi connectivity index (χ4n) is 1.78. The Kier molecular flexibility index (Phi) is 15.5. The fourth-order valence-corrected chi connectivity index (χ4v) is 1.78. The van der Waals surface area contributed by atoms with Gasteiger partial charge in [0.2, 0.25) is 0 Å². The summed E-state index contributed by atoms with van der Waals surface area (Å²) in [6, 6.07) is 0. The lowest BCUT2D eigenvalue weighted by Crippen LogP contribution is -2.43. The van der Waals surface area contributed by atoms with Crippen molar-refractivity contribution in [3.05, 3.63) is 0 Å². The molecule has 0 aromatic carbocycles. The van der Waals surface area contributed by atoms with Gasteiger partial charge < -0.3 is 25.4 Å². The fraction of sp³-hybridized carbons (Fsp3) is 0.875. The van der Waals surface area contributed by atoms with E-state index in [1.54, 1.807) is 4.90 Å². The topological polar surface area (TPSA) is 89.2 Å². The highest BCUT2D eigenvalue weighted by Crippen LogP contribution is 2.09. The molecule has 144 valence electrons. The van der Waals surface area contributed by atoms with Gasteiger partial charge in [0.15, 0.2) is 5.96 Å². The second-order valence-corrected chi connectivity index (χ2v) is 6.21. The molecule has 0 aromatic heterocycles. The molecule has 0 aliphatic carbocycles. The monoisotopic (exact) mass is 458 g/mol. The highest BCUT2D eigenvalue weighted by atomic mass is 127. The third-order valence-electron chi connectivity index (χ3n) is 2.77. The van der Waals surface area contributed by atoms with E-state index in [1.807, 2.05) is 34.6 Å². The SMILES string of the molecule is CCCN(CCNC(N)=NCCCOCC)C(=O)OC(C)(C)C.I. The summed E-state index contributed by atoms with van der Waals surface area (Å²) >= 11 is 0. The van der Waals surface area contributed by atoms with Crippen LogP contribution in [-0.4, -0.2) is 61.9 Å². The van der Waals surface area contributed by atoms with Crippen LogP contribution < -0.4 is 11.1 Å². The van der Waals surface area contributed by atoms with Gasteiger partial charge in [-0.15, -0.1) is 24.0 Å². The zero-order valence-electron chi connectivity index (χ0n) is 15.8. The van der Waals surface area contributed by atoms with Crippen molar-refractivity contribution in [2.45, 2.75) is 53.1 Å². The molecular weight excluding hydrogens is 423 g/mol. The van der Waals surface area contributed by atoms with Gasteiger partial charge in [0, 0.05) is 39.4 Å². The maximum Gasteiger partial charge on any atom is 0.410 e. The van der Waals surface area contributed by atoms with Gasteiger partial charge in [-0.2, -0.15) is 0 Å². The number of carbonyl (C=O) groups excluding carboxylic acids is 1. The molecule has 0 aliphatic rings. The van der Waals surface area contributed by atoms with Crippen LogP contribution in [0.1, 0.15) is 47.5 Å². The molecule has 0 rings (SSSR count). The van der Waals surface area contributed by atoms with E-state index in [-0.39, 0.29) is 30.1 Å². The van der Waals surface area contributed by atoms with Crippen molar-refractivity contribution in [2.75, 3.05) is 39.4 Å². The minimum absolute atomic E-state index is 0. The second kappa shape index (κ2) is 14.6. The van der Waals surface area contributed by atoms with Crippen molar-refractivity contribution in [3.63, 3.8) is 0 Å². The van der Waals surface area contributed by atoms with Crippen LogP contribution in [0.4, 0.5) is 4.79 Å². The molecule has 0 unspecified atom stereocenters. The van der Waals surface area contributed by atoms with Crippen LogP contribution >= 0.6 is 24.0 Å². The number of hydrogen-bond acceptors (Lipinski definition) is 4. The van der Waals surface area contributed by atoms with Crippen molar-refractivity contribution in [2.24, 2.45) is 10.7 Å². The van der Waals surface area contributed by atoms with Gasteiger partial charge in [-0.1, -0.05) is 6.92 Å². The molecule has 0 atom stereocenters. The van der Waals surface area contributed by atoms with E-state index in [9.17, 15) is 4.79 Å². The predicted molar refractivity (Wildman–Crippen MR) is 109 cm³/mol. The number of guanidine groups is 1. The van der Waals surface area contributed by atoms with Gasteiger partial charge in [-0.25, -0.2) is 4.79 Å². The van der Waals surface area contributed by atoms with E-state index < -0.39 is 5.60 Å². The van der Waals surface area contributed by atoms with E-state index in [4.69, 9.17) is 15.2 Å². The average molecular weight is 458 g/mol. The zero-order chi connectivity index (χ0) is 17.7. The summed E-state index contributed by atoms with van der Waals surface area (Å²) in [6.07, 6.45) is 1.42. The Hall–Kier alpha value is -0.770. The molecule has 8 heteroatoms. The minimum atomic E-state index is -0.489. The first-order chi connectivity index (χ1) is 10.8. The summed E-state index contributed by atoms with van der Waals surface area (Å²) in [5.41, 5.74) is 5.30. The molecule has 0 aromatic rings. The Morgan fingerprint density at radius 1 is 1.25 bits per heavy atom. The van der Waals surface area contributed by atoms with Crippen molar-refractivity contribution in [1.29, 1.82) is 0 Å². The average Bonchev–Trinajstić information content (AvgIpc) is 2.44. The first kappa shape index (κ1) is 25.5. The lowest BCUT2D eigenvalue weighted by molar-refractivity contribution is 0.0253. The van der Waals surface area contributed by atoms with Gasteiger partial charge >= 0.3 is 6.09 Å². The van der Waals surface area contributed by atoms with Crippen LogP contribution in [-0.2, 0) is 9.47 Å². The van der Waals surface area contributed by atoms with E-state index >= 15 is 0 Å².